The lowest BCUT2D eigenvalue weighted by Crippen LogP contribution is -2.30. The van der Waals surface area contributed by atoms with Gasteiger partial charge in [-0.3, -0.25) is 9.59 Å². The topological polar surface area (TPSA) is 108 Å². The molecule has 2 aromatic rings. The van der Waals surface area contributed by atoms with Crippen LogP contribution < -0.4 is 10.6 Å². The summed E-state index contributed by atoms with van der Waals surface area (Å²) in [4.78, 5) is 35.8. The molecule has 28 heavy (non-hydrogen) atoms. The third-order valence-corrected chi connectivity index (χ3v) is 4.05. The maximum Gasteiger partial charge on any atom is 0.338 e. The number of hydrogen-bond acceptors (Lipinski definition) is 5. The van der Waals surface area contributed by atoms with E-state index in [1.54, 1.807) is 12.1 Å². The summed E-state index contributed by atoms with van der Waals surface area (Å²) < 4.78 is 5.14. The number of carbonyl (C=O) groups is 3. The number of amides is 2. The van der Waals surface area contributed by atoms with Crippen molar-refractivity contribution in [3.05, 3.63) is 58.1 Å². The Hall–Kier alpha value is -3.08. The van der Waals surface area contributed by atoms with Crippen molar-refractivity contribution in [1.82, 2.24) is 0 Å². The van der Waals surface area contributed by atoms with E-state index in [1.807, 2.05) is 0 Å². The van der Waals surface area contributed by atoms with E-state index in [0.717, 1.165) is 0 Å². The number of ether oxygens (including phenoxy) is 1. The first-order valence-corrected chi connectivity index (χ1v) is 8.79. The summed E-state index contributed by atoms with van der Waals surface area (Å²) in [5.74, 6) is -1.74. The normalized spacial score (nSPS) is 11.1. The highest BCUT2D eigenvalue weighted by molar-refractivity contribution is 6.35. The van der Waals surface area contributed by atoms with Crippen LogP contribution in [0.15, 0.2) is 42.5 Å². The fourth-order valence-electron chi connectivity index (χ4n) is 2.08. The molecule has 2 rings (SSSR count). The van der Waals surface area contributed by atoms with E-state index in [0.29, 0.717) is 21.4 Å². The molecule has 0 spiro atoms. The van der Waals surface area contributed by atoms with E-state index < -0.39 is 23.9 Å². The number of nitrogens with zero attached hydrogens (tertiary/aromatic N) is 1. The van der Waals surface area contributed by atoms with E-state index >= 15 is 0 Å². The van der Waals surface area contributed by atoms with Gasteiger partial charge >= 0.3 is 5.97 Å². The van der Waals surface area contributed by atoms with E-state index in [9.17, 15) is 14.4 Å². The fourth-order valence-corrected chi connectivity index (χ4v) is 2.41. The van der Waals surface area contributed by atoms with Gasteiger partial charge < -0.3 is 15.4 Å². The predicted octanol–water partition coefficient (Wildman–Crippen LogP) is 4.03. The van der Waals surface area contributed by atoms with Crippen molar-refractivity contribution in [2.45, 2.75) is 19.4 Å². The minimum absolute atomic E-state index is 0.193. The average molecular weight is 420 g/mol. The molecule has 2 aromatic carbocycles. The Labute approximate surface area is 171 Å². The molecule has 9 heteroatoms. The van der Waals surface area contributed by atoms with Crippen molar-refractivity contribution < 1.29 is 19.1 Å². The van der Waals surface area contributed by atoms with Crippen LogP contribution in [-0.2, 0) is 14.3 Å². The molecule has 0 radical (unpaired) electrons. The Morgan fingerprint density at radius 2 is 1.79 bits per heavy atom. The fraction of sp³-hybridized carbons (Fsp3) is 0.158. The third-order valence-electron chi connectivity index (χ3n) is 3.48. The Morgan fingerprint density at radius 1 is 1.11 bits per heavy atom. The highest BCUT2D eigenvalue weighted by atomic mass is 35.5. The summed E-state index contributed by atoms with van der Waals surface area (Å²) in [6.07, 6.45) is -1.36. The first-order valence-electron chi connectivity index (χ1n) is 8.04. The number of esters is 1. The van der Waals surface area contributed by atoms with Gasteiger partial charge in [0, 0.05) is 10.7 Å². The monoisotopic (exact) mass is 419 g/mol. The van der Waals surface area contributed by atoms with Crippen LogP contribution in [0, 0.1) is 11.3 Å². The van der Waals surface area contributed by atoms with Crippen LogP contribution in [-0.4, -0.2) is 23.9 Å². The zero-order chi connectivity index (χ0) is 20.7. The molecule has 1 atom stereocenters. The van der Waals surface area contributed by atoms with E-state index in [4.69, 9.17) is 33.2 Å². The summed E-state index contributed by atoms with van der Waals surface area (Å²) in [6.45, 7) is 1.42. The lowest BCUT2D eigenvalue weighted by atomic mass is 10.2. The second-order valence-corrected chi connectivity index (χ2v) is 6.47. The maximum absolute atomic E-state index is 12.2. The van der Waals surface area contributed by atoms with Gasteiger partial charge in [0.1, 0.15) is 6.42 Å². The molecule has 0 aliphatic heterocycles. The number of halogens is 2. The Morgan fingerprint density at radius 3 is 2.43 bits per heavy atom. The van der Waals surface area contributed by atoms with Crippen LogP contribution in [0.1, 0.15) is 23.7 Å². The van der Waals surface area contributed by atoms with E-state index in [1.165, 1.54) is 43.3 Å². The van der Waals surface area contributed by atoms with Crippen LogP contribution in [0.4, 0.5) is 11.4 Å². The molecule has 0 aromatic heterocycles. The van der Waals surface area contributed by atoms with Crippen molar-refractivity contribution in [3.8, 4) is 6.07 Å². The molecule has 7 nitrogen and oxygen atoms in total. The molecule has 0 aliphatic carbocycles. The van der Waals surface area contributed by atoms with Gasteiger partial charge in [-0.2, -0.15) is 5.26 Å². The Bertz CT molecular complexity index is 939. The van der Waals surface area contributed by atoms with Gasteiger partial charge in [0.2, 0.25) is 5.91 Å². The van der Waals surface area contributed by atoms with Crippen molar-refractivity contribution >= 4 is 52.4 Å². The van der Waals surface area contributed by atoms with Gasteiger partial charge in [0.05, 0.1) is 22.3 Å². The van der Waals surface area contributed by atoms with Crippen molar-refractivity contribution in [2.75, 3.05) is 10.6 Å². The number of anilines is 2. The van der Waals surface area contributed by atoms with Crippen molar-refractivity contribution in [2.24, 2.45) is 0 Å². The number of benzene rings is 2. The summed E-state index contributed by atoms with van der Waals surface area (Å²) in [5.41, 5.74) is 0.927. The lowest BCUT2D eigenvalue weighted by molar-refractivity contribution is -0.123. The first kappa shape index (κ1) is 21.2. The van der Waals surface area contributed by atoms with E-state index in [-0.39, 0.29) is 12.0 Å². The Kier molecular flexibility index (Phi) is 7.38. The number of nitrogens with one attached hydrogen (secondary N) is 2. The smallest absolute Gasteiger partial charge is 0.338 e. The molecule has 2 N–H and O–H groups in total. The lowest BCUT2D eigenvalue weighted by Gasteiger charge is -2.14. The number of carbonyl (C=O) groups excluding carboxylic acids is 3. The molecule has 0 aliphatic rings. The molecule has 0 saturated heterocycles. The van der Waals surface area contributed by atoms with Gasteiger partial charge in [0.15, 0.2) is 6.10 Å². The summed E-state index contributed by atoms with van der Waals surface area (Å²) in [6, 6.07) is 12.2. The quantitative estimate of drug-likeness (QED) is 0.686. The van der Waals surface area contributed by atoms with Gasteiger partial charge in [-0.15, -0.1) is 0 Å². The zero-order valence-corrected chi connectivity index (χ0v) is 16.2. The van der Waals surface area contributed by atoms with Crippen LogP contribution in [0.5, 0.6) is 0 Å². The van der Waals surface area contributed by atoms with Gasteiger partial charge in [-0.25, -0.2) is 4.79 Å². The first-order chi connectivity index (χ1) is 13.3. The summed E-state index contributed by atoms with van der Waals surface area (Å²) in [5, 5.41) is 14.2. The third kappa shape index (κ3) is 5.98. The molecule has 2 amide bonds. The molecular weight excluding hydrogens is 405 g/mol. The van der Waals surface area contributed by atoms with Crippen molar-refractivity contribution in [1.29, 1.82) is 5.26 Å². The molecule has 144 valence electrons. The van der Waals surface area contributed by atoms with Gasteiger partial charge in [-0.1, -0.05) is 23.2 Å². The van der Waals surface area contributed by atoms with Crippen LogP contribution in [0.25, 0.3) is 0 Å². The van der Waals surface area contributed by atoms with Crippen LogP contribution >= 0.6 is 23.2 Å². The van der Waals surface area contributed by atoms with Crippen LogP contribution in [0.3, 0.4) is 0 Å². The number of hydrogen-bond donors (Lipinski definition) is 2. The van der Waals surface area contributed by atoms with Crippen molar-refractivity contribution in [3.63, 3.8) is 0 Å². The predicted molar refractivity (Wildman–Crippen MR) is 105 cm³/mol. The summed E-state index contributed by atoms with van der Waals surface area (Å²) >= 11 is 11.9. The zero-order valence-electron chi connectivity index (χ0n) is 14.7. The number of nitriles is 1. The SMILES string of the molecule is CC(OC(=O)c1ccc(NC(=O)CC#N)cc1)C(=O)Nc1cc(Cl)ccc1Cl. The van der Waals surface area contributed by atoms with E-state index in [2.05, 4.69) is 10.6 Å². The molecule has 0 saturated carbocycles. The molecule has 0 bridgehead atoms. The highest BCUT2D eigenvalue weighted by Gasteiger charge is 2.20. The minimum atomic E-state index is -1.09. The molecular formula is C19H15Cl2N3O4. The maximum atomic E-state index is 12.2. The second kappa shape index (κ2) is 9.74. The molecule has 1 unspecified atom stereocenters. The Balaban J connectivity index is 1.96. The van der Waals surface area contributed by atoms with Gasteiger partial charge in [-0.05, 0) is 49.4 Å². The number of rotatable bonds is 6. The summed E-state index contributed by atoms with van der Waals surface area (Å²) in [7, 11) is 0. The second-order valence-electron chi connectivity index (χ2n) is 5.62. The van der Waals surface area contributed by atoms with Gasteiger partial charge in [0.25, 0.3) is 5.91 Å². The molecule has 0 fully saturated rings. The minimum Gasteiger partial charge on any atom is -0.449 e. The standard InChI is InChI=1S/C19H15Cl2N3O4/c1-11(18(26)24-16-10-13(20)4-7-15(16)21)28-19(27)12-2-5-14(6-3-12)23-17(25)8-9-22/h2-7,10-11H,8H2,1H3,(H,23,25)(H,24,26). The largest absolute Gasteiger partial charge is 0.449 e. The average Bonchev–Trinajstić information content (AvgIpc) is 2.65. The molecule has 0 heterocycles. The highest BCUT2D eigenvalue weighted by Crippen LogP contribution is 2.25. The van der Waals surface area contributed by atoms with Crippen LogP contribution in [0.2, 0.25) is 10.0 Å².